The molecule has 6 nitrogen and oxygen atoms in total. The zero-order valence-corrected chi connectivity index (χ0v) is 13.2. The van der Waals surface area contributed by atoms with Gasteiger partial charge in [0.15, 0.2) is 10.9 Å². The van der Waals surface area contributed by atoms with Gasteiger partial charge in [-0.25, -0.2) is 4.98 Å². The number of carbonyl (C=O) groups excluding carboxylic acids is 1. The molecule has 0 spiro atoms. The summed E-state index contributed by atoms with van der Waals surface area (Å²) in [5.74, 6) is -0.972. The highest BCUT2D eigenvalue weighted by Gasteiger charge is 2.16. The van der Waals surface area contributed by atoms with Crippen molar-refractivity contribution in [1.29, 1.82) is 0 Å². The number of carboxylic acid groups (broad SMARTS) is 1. The van der Waals surface area contributed by atoms with Crippen LogP contribution in [0.4, 0.5) is 0 Å². The fraction of sp³-hybridized carbons (Fsp3) is 0.400. The molecule has 1 amide bonds. The number of hydrogen-bond acceptors (Lipinski definition) is 4. The molecule has 2 aromatic rings. The van der Waals surface area contributed by atoms with Crippen LogP contribution in [-0.4, -0.2) is 39.2 Å². The lowest BCUT2D eigenvalue weighted by molar-refractivity contribution is -0.137. The minimum atomic E-state index is -0.780. The molecule has 0 radical (unpaired) electrons. The molecule has 22 heavy (non-hydrogen) atoms. The van der Waals surface area contributed by atoms with Gasteiger partial charge in [0.2, 0.25) is 0 Å². The summed E-state index contributed by atoms with van der Waals surface area (Å²) in [6.07, 6.45) is 6.17. The van der Waals surface area contributed by atoms with Crippen LogP contribution in [0.5, 0.6) is 0 Å². The van der Waals surface area contributed by atoms with Gasteiger partial charge in [-0.3, -0.25) is 14.0 Å². The van der Waals surface area contributed by atoms with E-state index in [9.17, 15) is 9.59 Å². The quantitative estimate of drug-likeness (QED) is 0.576. The van der Waals surface area contributed by atoms with Gasteiger partial charge in [0.05, 0.1) is 5.52 Å². The Labute approximate surface area is 132 Å². The third kappa shape index (κ3) is 4.00. The van der Waals surface area contributed by atoms with E-state index in [1.165, 1.54) is 11.8 Å². The molecule has 2 heterocycles. The number of carbonyl (C=O) groups is 2. The van der Waals surface area contributed by atoms with Gasteiger partial charge in [0.1, 0.15) is 0 Å². The van der Waals surface area contributed by atoms with Crippen LogP contribution in [0, 0.1) is 0 Å². The highest BCUT2D eigenvalue weighted by atomic mass is 32.2. The van der Waals surface area contributed by atoms with Crippen molar-refractivity contribution in [2.45, 2.75) is 30.8 Å². The number of amides is 1. The van der Waals surface area contributed by atoms with Gasteiger partial charge in [-0.15, -0.1) is 0 Å². The third-order valence-electron chi connectivity index (χ3n) is 3.27. The number of carboxylic acids is 1. The molecule has 0 saturated heterocycles. The van der Waals surface area contributed by atoms with Gasteiger partial charge in [0, 0.05) is 19.2 Å². The third-order valence-corrected chi connectivity index (χ3v) is 3.92. The van der Waals surface area contributed by atoms with Crippen molar-refractivity contribution in [3.8, 4) is 0 Å². The van der Waals surface area contributed by atoms with E-state index in [1.807, 2.05) is 35.1 Å². The number of hydrogen-bond donors (Lipinski definition) is 2. The normalized spacial score (nSPS) is 10.8. The van der Waals surface area contributed by atoms with E-state index in [0.717, 1.165) is 23.5 Å². The Morgan fingerprint density at radius 3 is 2.86 bits per heavy atom. The SMILES string of the molecule is CSc1nc(C(=O)NCCCCCC(=O)O)c2ccccn12. The van der Waals surface area contributed by atoms with Crippen LogP contribution < -0.4 is 5.32 Å². The van der Waals surface area contributed by atoms with Crippen molar-refractivity contribution >= 4 is 29.2 Å². The van der Waals surface area contributed by atoms with Gasteiger partial charge in [0.25, 0.3) is 5.91 Å². The second kappa shape index (κ2) is 7.84. The van der Waals surface area contributed by atoms with Gasteiger partial charge in [-0.05, 0) is 31.2 Å². The molecule has 7 heteroatoms. The molecule has 0 fully saturated rings. The molecule has 0 aliphatic rings. The topological polar surface area (TPSA) is 83.7 Å². The predicted octanol–water partition coefficient (Wildman–Crippen LogP) is 2.43. The Morgan fingerprint density at radius 1 is 1.32 bits per heavy atom. The van der Waals surface area contributed by atoms with Gasteiger partial charge < -0.3 is 10.4 Å². The average Bonchev–Trinajstić information content (AvgIpc) is 2.89. The highest BCUT2D eigenvalue weighted by molar-refractivity contribution is 7.98. The van der Waals surface area contributed by atoms with Crippen molar-refractivity contribution in [2.75, 3.05) is 12.8 Å². The number of rotatable bonds is 8. The van der Waals surface area contributed by atoms with Crippen LogP contribution in [0.1, 0.15) is 36.2 Å². The second-order valence-corrected chi connectivity index (χ2v) is 5.64. The minimum absolute atomic E-state index is 0.177. The van der Waals surface area contributed by atoms with Gasteiger partial charge in [-0.1, -0.05) is 24.2 Å². The lowest BCUT2D eigenvalue weighted by Gasteiger charge is -2.03. The molecule has 0 bridgehead atoms. The maximum absolute atomic E-state index is 12.2. The second-order valence-electron chi connectivity index (χ2n) is 4.86. The fourth-order valence-electron chi connectivity index (χ4n) is 2.18. The molecule has 0 aromatic carbocycles. The van der Waals surface area contributed by atoms with E-state index in [4.69, 9.17) is 5.11 Å². The lowest BCUT2D eigenvalue weighted by Crippen LogP contribution is -2.25. The van der Waals surface area contributed by atoms with Gasteiger partial charge in [-0.2, -0.15) is 0 Å². The molecular weight excluding hydrogens is 302 g/mol. The summed E-state index contributed by atoms with van der Waals surface area (Å²) in [7, 11) is 0. The molecule has 0 atom stereocenters. The molecule has 2 rings (SSSR count). The molecule has 0 saturated carbocycles. The van der Waals surface area contributed by atoms with Crippen LogP contribution >= 0.6 is 11.8 Å². The van der Waals surface area contributed by atoms with E-state index in [2.05, 4.69) is 10.3 Å². The van der Waals surface area contributed by atoms with E-state index in [1.54, 1.807) is 0 Å². The molecule has 2 N–H and O–H groups in total. The van der Waals surface area contributed by atoms with Crippen molar-refractivity contribution in [2.24, 2.45) is 0 Å². The highest BCUT2D eigenvalue weighted by Crippen LogP contribution is 2.19. The van der Waals surface area contributed by atoms with Crippen molar-refractivity contribution in [3.63, 3.8) is 0 Å². The van der Waals surface area contributed by atoms with Crippen molar-refractivity contribution in [1.82, 2.24) is 14.7 Å². The van der Waals surface area contributed by atoms with Crippen LogP contribution in [0.25, 0.3) is 5.52 Å². The summed E-state index contributed by atoms with van der Waals surface area (Å²) in [6, 6.07) is 5.65. The first-order chi connectivity index (χ1) is 10.6. The van der Waals surface area contributed by atoms with Crippen molar-refractivity contribution in [3.05, 3.63) is 30.1 Å². The van der Waals surface area contributed by atoms with Crippen LogP contribution in [-0.2, 0) is 4.79 Å². The first-order valence-corrected chi connectivity index (χ1v) is 8.37. The van der Waals surface area contributed by atoms with E-state index >= 15 is 0 Å². The lowest BCUT2D eigenvalue weighted by atomic mass is 10.2. The zero-order valence-electron chi connectivity index (χ0n) is 12.4. The van der Waals surface area contributed by atoms with E-state index in [-0.39, 0.29) is 12.3 Å². The summed E-state index contributed by atoms with van der Waals surface area (Å²) in [4.78, 5) is 27.0. The average molecular weight is 321 g/mol. The van der Waals surface area contributed by atoms with Gasteiger partial charge >= 0.3 is 5.97 Å². The first-order valence-electron chi connectivity index (χ1n) is 7.14. The number of thioether (sulfide) groups is 1. The summed E-state index contributed by atoms with van der Waals surface area (Å²) in [5.41, 5.74) is 1.21. The molecule has 118 valence electrons. The molecule has 0 aliphatic carbocycles. The summed E-state index contributed by atoms with van der Waals surface area (Å²) in [5, 5.41) is 12.2. The summed E-state index contributed by atoms with van der Waals surface area (Å²) in [6.45, 7) is 0.527. The Morgan fingerprint density at radius 2 is 2.14 bits per heavy atom. The molecule has 0 unspecified atom stereocenters. The smallest absolute Gasteiger partial charge is 0.303 e. The minimum Gasteiger partial charge on any atom is -0.481 e. The number of fused-ring (bicyclic) bond motifs is 1. The van der Waals surface area contributed by atoms with Crippen molar-refractivity contribution < 1.29 is 14.7 Å². The Bertz CT molecular complexity index is 669. The fourth-order valence-corrected chi connectivity index (χ4v) is 2.72. The van der Waals surface area contributed by atoms with Crippen LogP contribution in [0.15, 0.2) is 29.6 Å². The Balaban J connectivity index is 1.92. The number of nitrogens with zero attached hydrogens (tertiary/aromatic N) is 2. The number of imidazole rings is 1. The summed E-state index contributed by atoms with van der Waals surface area (Å²) >= 11 is 1.49. The number of unbranched alkanes of at least 4 members (excludes halogenated alkanes) is 2. The zero-order chi connectivity index (χ0) is 15.9. The maximum Gasteiger partial charge on any atom is 0.303 e. The largest absolute Gasteiger partial charge is 0.481 e. The van der Waals surface area contributed by atoms with E-state index in [0.29, 0.717) is 18.7 Å². The number of aliphatic carboxylic acids is 1. The number of nitrogens with one attached hydrogen (secondary N) is 1. The molecule has 0 aliphatic heterocycles. The number of pyridine rings is 1. The standard InChI is InChI=1S/C15H19N3O3S/c1-22-15-17-13(11-7-4-6-10-18(11)15)14(21)16-9-5-2-3-8-12(19)20/h4,6-7,10H,2-3,5,8-9H2,1H3,(H,16,21)(H,19,20). The number of aromatic nitrogens is 2. The Kier molecular flexibility index (Phi) is 5.83. The van der Waals surface area contributed by atoms with Crippen LogP contribution in [0.3, 0.4) is 0 Å². The molecule has 2 aromatic heterocycles. The Hall–Kier alpha value is -2.02. The van der Waals surface area contributed by atoms with Crippen LogP contribution in [0.2, 0.25) is 0 Å². The maximum atomic E-state index is 12.2. The molecular formula is C15H19N3O3S. The first kappa shape index (κ1) is 16.4. The monoisotopic (exact) mass is 321 g/mol. The predicted molar refractivity (Wildman–Crippen MR) is 85.4 cm³/mol. The summed E-state index contributed by atoms with van der Waals surface area (Å²) < 4.78 is 1.90. The van der Waals surface area contributed by atoms with E-state index < -0.39 is 5.97 Å².